The highest BCUT2D eigenvalue weighted by Crippen LogP contribution is 2.10. The molecule has 1 aliphatic heterocycles. The Bertz CT molecular complexity index is 298. The first-order valence-corrected chi connectivity index (χ1v) is 6.15. The van der Waals surface area contributed by atoms with Gasteiger partial charge in [-0.3, -0.25) is 4.79 Å². The fourth-order valence-corrected chi connectivity index (χ4v) is 2.75. The molecule has 1 rings (SSSR count). The smallest absolute Gasteiger partial charge is 0.216 e. The summed E-state index contributed by atoms with van der Waals surface area (Å²) in [4.78, 5) is 11.1. The van der Waals surface area contributed by atoms with Crippen LogP contribution >= 0.6 is 0 Å². The molecule has 82 valence electrons. The third kappa shape index (κ3) is 3.04. The fraction of sp³-hybridized carbons (Fsp3) is 0.875. The maximum absolute atomic E-state index is 11.6. The van der Waals surface area contributed by atoms with Gasteiger partial charge in [-0.1, -0.05) is 0 Å². The molecule has 0 bridgehead atoms. The Labute approximate surface area is 84.1 Å². The Hall–Kier alpha value is -0.460. The van der Waals surface area contributed by atoms with E-state index in [-0.39, 0.29) is 24.7 Å². The zero-order valence-corrected chi connectivity index (χ0v) is 9.05. The van der Waals surface area contributed by atoms with Gasteiger partial charge in [-0.2, -0.15) is 4.31 Å². The number of rotatable bonds is 4. The highest BCUT2D eigenvalue weighted by Gasteiger charge is 2.26. The number of hydrogen-bond donors (Lipinski definition) is 0. The van der Waals surface area contributed by atoms with Crippen LogP contribution in [0.4, 0.5) is 0 Å². The summed E-state index contributed by atoms with van der Waals surface area (Å²) in [6.45, 7) is 0.664. The van der Waals surface area contributed by atoms with Crippen LogP contribution in [0.5, 0.6) is 0 Å². The Morgan fingerprint density at radius 1 is 1.50 bits per heavy atom. The topological polar surface area (TPSA) is 63.7 Å². The summed E-state index contributed by atoms with van der Waals surface area (Å²) < 4.78 is 29.1. The summed E-state index contributed by atoms with van der Waals surface area (Å²) in [6, 6.07) is 0. The second-order valence-corrected chi connectivity index (χ2v) is 5.37. The van der Waals surface area contributed by atoms with E-state index >= 15 is 0 Å². The molecule has 6 heteroatoms. The summed E-state index contributed by atoms with van der Waals surface area (Å²) >= 11 is 0. The van der Waals surface area contributed by atoms with Gasteiger partial charge in [0.1, 0.15) is 5.78 Å². The maximum atomic E-state index is 11.6. The van der Waals surface area contributed by atoms with E-state index in [9.17, 15) is 13.2 Å². The Morgan fingerprint density at radius 3 is 2.79 bits per heavy atom. The highest BCUT2D eigenvalue weighted by atomic mass is 32.2. The van der Waals surface area contributed by atoms with Crippen molar-refractivity contribution in [3.63, 3.8) is 0 Å². The number of hydrogen-bond acceptors (Lipinski definition) is 4. The van der Waals surface area contributed by atoms with Crippen LogP contribution in [0.15, 0.2) is 0 Å². The van der Waals surface area contributed by atoms with Gasteiger partial charge in [-0.05, 0) is 6.42 Å². The molecule has 0 aromatic rings. The molecule has 1 aliphatic rings. The lowest BCUT2D eigenvalue weighted by Gasteiger charge is -2.24. The normalized spacial score (nSPS) is 19.9. The van der Waals surface area contributed by atoms with Crippen LogP contribution in [-0.2, 0) is 19.6 Å². The standard InChI is InChI=1S/C8H15NO4S/c1-13-5-6-14(11,12)9-4-2-3-8(10)7-9/h2-7H2,1H3. The van der Waals surface area contributed by atoms with Gasteiger partial charge in [0.15, 0.2) is 0 Å². The van der Waals surface area contributed by atoms with Crippen molar-refractivity contribution in [1.29, 1.82) is 0 Å². The van der Waals surface area contributed by atoms with Crippen LogP contribution in [0, 0.1) is 0 Å². The van der Waals surface area contributed by atoms with Crippen LogP contribution in [0.1, 0.15) is 12.8 Å². The molecule has 0 aliphatic carbocycles. The van der Waals surface area contributed by atoms with E-state index < -0.39 is 10.0 Å². The highest BCUT2D eigenvalue weighted by molar-refractivity contribution is 7.89. The predicted octanol–water partition coefficient (Wildman–Crippen LogP) is -0.373. The number of sulfonamides is 1. The van der Waals surface area contributed by atoms with E-state index in [4.69, 9.17) is 4.74 Å². The molecule has 0 saturated carbocycles. The molecular formula is C8H15NO4S. The SMILES string of the molecule is COCCS(=O)(=O)N1CCCC(=O)C1. The number of nitrogens with zero attached hydrogens (tertiary/aromatic N) is 1. The van der Waals surface area contributed by atoms with Crippen LogP contribution in [-0.4, -0.2) is 51.1 Å². The van der Waals surface area contributed by atoms with Crippen molar-refractivity contribution >= 4 is 15.8 Å². The van der Waals surface area contributed by atoms with E-state index in [1.807, 2.05) is 0 Å². The van der Waals surface area contributed by atoms with Crippen LogP contribution in [0.25, 0.3) is 0 Å². The predicted molar refractivity (Wildman–Crippen MR) is 51.5 cm³/mol. The minimum Gasteiger partial charge on any atom is -0.384 e. The molecule has 0 aromatic heterocycles. The fourth-order valence-electron chi connectivity index (χ4n) is 1.36. The van der Waals surface area contributed by atoms with Gasteiger partial charge in [0.2, 0.25) is 10.0 Å². The molecule has 5 nitrogen and oxygen atoms in total. The van der Waals surface area contributed by atoms with Crippen LogP contribution in [0.3, 0.4) is 0 Å². The Kier molecular flexibility index (Phi) is 4.03. The van der Waals surface area contributed by atoms with Crippen molar-refractivity contribution in [3.8, 4) is 0 Å². The van der Waals surface area contributed by atoms with Gasteiger partial charge in [-0.25, -0.2) is 8.42 Å². The van der Waals surface area contributed by atoms with Crippen molar-refractivity contribution in [2.45, 2.75) is 12.8 Å². The lowest BCUT2D eigenvalue weighted by molar-refractivity contribution is -0.120. The molecular weight excluding hydrogens is 206 g/mol. The quantitative estimate of drug-likeness (QED) is 0.649. The van der Waals surface area contributed by atoms with Gasteiger partial charge >= 0.3 is 0 Å². The molecule has 0 unspecified atom stereocenters. The van der Waals surface area contributed by atoms with E-state index in [2.05, 4.69) is 0 Å². The van der Waals surface area contributed by atoms with Crippen molar-refractivity contribution in [1.82, 2.24) is 4.31 Å². The third-order valence-corrected chi connectivity index (χ3v) is 3.94. The Balaban J connectivity index is 2.57. The number of carbonyl (C=O) groups excluding carboxylic acids is 1. The number of ketones is 1. The van der Waals surface area contributed by atoms with Crippen molar-refractivity contribution in [2.75, 3.05) is 32.6 Å². The molecule has 0 aromatic carbocycles. The first-order chi connectivity index (χ1) is 6.56. The lowest BCUT2D eigenvalue weighted by atomic mass is 10.1. The molecule has 0 amide bonds. The van der Waals surface area contributed by atoms with E-state index in [1.165, 1.54) is 11.4 Å². The molecule has 1 saturated heterocycles. The Morgan fingerprint density at radius 2 is 2.21 bits per heavy atom. The van der Waals surface area contributed by atoms with Gasteiger partial charge in [0.05, 0.1) is 18.9 Å². The summed E-state index contributed by atoms with van der Waals surface area (Å²) in [5.74, 6) is -0.0474. The second kappa shape index (κ2) is 4.86. The number of ether oxygens (including phenoxy) is 1. The summed E-state index contributed by atoms with van der Waals surface area (Å²) in [6.07, 6.45) is 1.13. The lowest BCUT2D eigenvalue weighted by Crippen LogP contribution is -2.41. The summed E-state index contributed by atoms with van der Waals surface area (Å²) in [7, 11) is -1.84. The second-order valence-electron chi connectivity index (χ2n) is 3.28. The third-order valence-electron chi connectivity index (χ3n) is 2.15. The maximum Gasteiger partial charge on any atom is 0.216 e. The summed E-state index contributed by atoms with van der Waals surface area (Å²) in [5, 5.41) is 0. The molecule has 0 N–H and O–H groups in total. The average molecular weight is 221 g/mol. The van der Waals surface area contributed by atoms with E-state index in [0.717, 1.165) is 0 Å². The van der Waals surface area contributed by atoms with Crippen molar-refractivity contribution in [3.05, 3.63) is 0 Å². The molecule has 1 heterocycles. The first kappa shape index (κ1) is 11.6. The first-order valence-electron chi connectivity index (χ1n) is 4.55. The molecule has 1 fully saturated rings. The van der Waals surface area contributed by atoms with E-state index in [1.54, 1.807) is 0 Å². The van der Waals surface area contributed by atoms with Gasteiger partial charge < -0.3 is 4.74 Å². The average Bonchev–Trinajstić information content (AvgIpc) is 2.15. The number of piperidine rings is 1. The molecule has 0 radical (unpaired) electrons. The van der Waals surface area contributed by atoms with Gasteiger partial charge in [0, 0.05) is 20.1 Å². The number of Topliss-reactive ketones (excluding diaryl/α,β-unsaturated/α-hetero) is 1. The number of carbonyl (C=O) groups is 1. The van der Waals surface area contributed by atoms with E-state index in [0.29, 0.717) is 19.4 Å². The van der Waals surface area contributed by atoms with Crippen LogP contribution < -0.4 is 0 Å². The molecule has 0 spiro atoms. The van der Waals surface area contributed by atoms with Crippen molar-refractivity contribution in [2.24, 2.45) is 0 Å². The minimum absolute atomic E-state index is 0.00255. The minimum atomic E-state index is -3.29. The zero-order valence-electron chi connectivity index (χ0n) is 8.23. The largest absolute Gasteiger partial charge is 0.384 e. The van der Waals surface area contributed by atoms with Gasteiger partial charge in [-0.15, -0.1) is 0 Å². The summed E-state index contributed by atoms with van der Waals surface area (Å²) in [5.41, 5.74) is 0. The zero-order chi connectivity index (χ0) is 10.6. The van der Waals surface area contributed by atoms with Gasteiger partial charge in [0.25, 0.3) is 0 Å². The monoisotopic (exact) mass is 221 g/mol. The molecule has 14 heavy (non-hydrogen) atoms. The van der Waals surface area contributed by atoms with Crippen LogP contribution in [0.2, 0.25) is 0 Å². The number of methoxy groups -OCH3 is 1. The van der Waals surface area contributed by atoms with Crippen molar-refractivity contribution < 1.29 is 17.9 Å². The molecule has 0 atom stereocenters.